The van der Waals surface area contributed by atoms with E-state index in [-0.39, 0.29) is 17.7 Å². The predicted octanol–water partition coefficient (Wildman–Crippen LogP) is 1.94. The van der Waals surface area contributed by atoms with Crippen molar-refractivity contribution in [2.75, 3.05) is 5.75 Å². The van der Waals surface area contributed by atoms with Crippen LogP contribution < -0.4 is 0 Å². The van der Waals surface area contributed by atoms with E-state index in [2.05, 4.69) is 4.98 Å². The van der Waals surface area contributed by atoms with Crippen LogP contribution in [-0.4, -0.2) is 30.2 Å². The van der Waals surface area contributed by atoms with Crippen LogP contribution in [0.1, 0.15) is 15.9 Å². The molecule has 21 heavy (non-hydrogen) atoms. The highest BCUT2D eigenvalue weighted by Gasteiger charge is 2.20. The van der Waals surface area contributed by atoms with Gasteiger partial charge in [-0.3, -0.25) is 4.98 Å². The Labute approximate surface area is 121 Å². The highest BCUT2D eigenvalue weighted by atomic mass is 32.2. The molecule has 110 valence electrons. The van der Waals surface area contributed by atoms with Gasteiger partial charge in [0.05, 0.1) is 11.3 Å². The van der Waals surface area contributed by atoms with Gasteiger partial charge in [0.2, 0.25) is 0 Å². The van der Waals surface area contributed by atoms with Crippen molar-refractivity contribution in [3.05, 3.63) is 59.7 Å². The van der Waals surface area contributed by atoms with Crippen LogP contribution in [0.4, 0.5) is 4.39 Å². The number of carboxylic acid groups (broad SMARTS) is 1. The maximum Gasteiger partial charge on any atom is 0.335 e. The molecule has 0 amide bonds. The van der Waals surface area contributed by atoms with E-state index < -0.39 is 26.5 Å². The summed E-state index contributed by atoms with van der Waals surface area (Å²) in [6, 6.07) is 6.13. The summed E-state index contributed by atoms with van der Waals surface area (Å²) in [4.78, 5) is 14.0. The summed E-state index contributed by atoms with van der Waals surface area (Å²) >= 11 is 0. The van der Waals surface area contributed by atoms with Gasteiger partial charge in [-0.2, -0.15) is 0 Å². The zero-order chi connectivity index (χ0) is 15.5. The minimum atomic E-state index is -3.82. The number of aromatic carboxylic acids is 1. The van der Waals surface area contributed by atoms with Gasteiger partial charge in [-0.15, -0.1) is 0 Å². The summed E-state index contributed by atoms with van der Waals surface area (Å²) in [6.07, 6.45) is 3.32. The Kier molecular flexibility index (Phi) is 4.32. The number of carbonyl (C=O) groups is 1. The van der Waals surface area contributed by atoms with E-state index in [1.807, 2.05) is 0 Å². The molecule has 7 heteroatoms. The first-order chi connectivity index (χ1) is 9.90. The van der Waals surface area contributed by atoms with Gasteiger partial charge < -0.3 is 5.11 Å². The number of hydrogen-bond acceptors (Lipinski definition) is 4. The van der Waals surface area contributed by atoms with Crippen molar-refractivity contribution in [3.8, 4) is 0 Å². The third-order valence-electron chi connectivity index (χ3n) is 2.92. The van der Waals surface area contributed by atoms with E-state index in [0.29, 0.717) is 6.07 Å². The third-order valence-corrected chi connectivity index (χ3v) is 4.67. The molecule has 0 aliphatic heterocycles. The Morgan fingerprint density at radius 1 is 1.19 bits per heavy atom. The summed E-state index contributed by atoms with van der Waals surface area (Å²) in [7, 11) is -3.82. The SMILES string of the molecule is O=C(O)c1ccc(S(=O)(=O)CCc2ccncc2)c(F)c1. The molecule has 1 aromatic carbocycles. The topological polar surface area (TPSA) is 84.3 Å². The first kappa shape index (κ1) is 15.1. The molecule has 0 radical (unpaired) electrons. The van der Waals surface area contributed by atoms with Crippen LogP contribution in [0.2, 0.25) is 0 Å². The Morgan fingerprint density at radius 3 is 2.43 bits per heavy atom. The van der Waals surface area contributed by atoms with Crippen molar-refractivity contribution in [3.63, 3.8) is 0 Å². The molecule has 5 nitrogen and oxygen atoms in total. The molecule has 0 unspecified atom stereocenters. The van der Waals surface area contributed by atoms with Crippen LogP contribution in [0, 0.1) is 5.82 Å². The highest BCUT2D eigenvalue weighted by molar-refractivity contribution is 7.91. The molecular formula is C14H12FNO4S. The number of carboxylic acids is 1. The first-order valence-corrected chi connectivity index (χ1v) is 7.70. The second-order valence-electron chi connectivity index (χ2n) is 4.37. The van der Waals surface area contributed by atoms with Crippen LogP contribution >= 0.6 is 0 Å². The smallest absolute Gasteiger partial charge is 0.335 e. The van der Waals surface area contributed by atoms with E-state index in [0.717, 1.165) is 17.7 Å². The fourth-order valence-corrected chi connectivity index (χ4v) is 3.15. The Morgan fingerprint density at radius 2 is 1.86 bits per heavy atom. The lowest BCUT2D eigenvalue weighted by atomic mass is 10.2. The molecule has 1 aromatic heterocycles. The number of rotatable bonds is 5. The molecule has 0 bridgehead atoms. The predicted molar refractivity (Wildman–Crippen MR) is 73.4 cm³/mol. The molecule has 0 atom stereocenters. The normalized spacial score (nSPS) is 11.3. The van der Waals surface area contributed by atoms with Gasteiger partial charge in [0.1, 0.15) is 10.7 Å². The van der Waals surface area contributed by atoms with Crippen LogP contribution in [0.5, 0.6) is 0 Å². The van der Waals surface area contributed by atoms with E-state index >= 15 is 0 Å². The van der Waals surface area contributed by atoms with Crippen molar-refractivity contribution < 1.29 is 22.7 Å². The fraction of sp³-hybridized carbons (Fsp3) is 0.143. The molecule has 0 aliphatic carbocycles. The molecule has 2 aromatic rings. The molecule has 0 fully saturated rings. The lowest BCUT2D eigenvalue weighted by Crippen LogP contribution is -2.12. The second kappa shape index (κ2) is 6.01. The largest absolute Gasteiger partial charge is 0.478 e. The summed E-state index contributed by atoms with van der Waals surface area (Å²) in [6.45, 7) is 0. The number of sulfone groups is 1. The Balaban J connectivity index is 2.22. The van der Waals surface area contributed by atoms with Gasteiger partial charge >= 0.3 is 5.97 Å². The lowest BCUT2D eigenvalue weighted by molar-refractivity contribution is 0.0696. The number of aryl methyl sites for hydroxylation is 1. The summed E-state index contributed by atoms with van der Waals surface area (Å²) < 4.78 is 38.0. The monoisotopic (exact) mass is 309 g/mol. The molecular weight excluding hydrogens is 297 g/mol. The van der Waals surface area contributed by atoms with Crippen LogP contribution in [0.3, 0.4) is 0 Å². The number of halogens is 1. The van der Waals surface area contributed by atoms with Gasteiger partial charge in [0, 0.05) is 12.4 Å². The molecule has 0 saturated heterocycles. The number of hydrogen-bond donors (Lipinski definition) is 1. The van der Waals surface area contributed by atoms with Crippen molar-refractivity contribution >= 4 is 15.8 Å². The van der Waals surface area contributed by atoms with Crippen LogP contribution in [-0.2, 0) is 16.3 Å². The molecule has 0 saturated carbocycles. The van der Waals surface area contributed by atoms with Crippen LogP contribution in [0.15, 0.2) is 47.6 Å². The van der Waals surface area contributed by atoms with Gasteiger partial charge in [-0.25, -0.2) is 17.6 Å². The third kappa shape index (κ3) is 3.63. The van der Waals surface area contributed by atoms with E-state index in [1.165, 1.54) is 0 Å². The van der Waals surface area contributed by atoms with Gasteiger partial charge in [-0.1, -0.05) is 0 Å². The average Bonchev–Trinajstić information content (AvgIpc) is 2.46. The van der Waals surface area contributed by atoms with E-state index in [1.54, 1.807) is 24.5 Å². The highest BCUT2D eigenvalue weighted by Crippen LogP contribution is 2.18. The van der Waals surface area contributed by atoms with Crippen molar-refractivity contribution in [1.82, 2.24) is 4.98 Å². The van der Waals surface area contributed by atoms with Gasteiger partial charge in [-0.05, 0) is 42.3 Å². The minimum absolute atomic E-state index is 0.227. The molecule has 0 spiro atoms. The lowest BCUT2D eigenvalue weighted by Gasteiger charge is -2.06. The summed E-state index contributed by atoms with van der Waals surface area (Å²) in [5.41, 5.74) is 0.483. The minimum Gasteiger partial charge on any atom is -0.478 e. The zero-order valence-corrected chi connectivity index (χ0v) is 11.7. The van der Waals surface area contributed by atoms with E-state index in [4.69, 9.17) is 5.11 Å². The Hall–Kier alpha value is -2.28. The molecule has 1 heterocycles. The number of benzene rings is 1. The van der Waals surface area contributed by atoms with Crippen LogP contribution in [0.25, 0.3) is 0 Å². The average molecular weight is 309 g/mol. The van der Waals surface area contributed by atoms with Crippen molar-refractivity contribution in [1.29, 1.82) is 0 Å². The van der Waals surface area contributed by atoms with Crippen molar-refractivity contribution in [2.24, 2.45) is 0 Å². The number of nitrogens with zero attached hydrogens (tertiary/aromatic N) is 1. The zero-order valence-electron chi connectivity index (χ0n) is 10.9. The maximum absolute atomic E-state index is 13.8. The van der Waals surface area contributed by atoms with E-state index in [9.17, 15) is 17.6 Å². The first-order valence-electron chi connectivity index (χ1n) is 6.04. The standard InChI is InChI=1S/C14H12FNO4S/c15-12-9-11(14(17)18)1-2-13(12)21(19,20)8-5-10-3-6-16-7-4-10/h1-4,6-7,9H,5,8H2,(H,17,18). The second-order valence-corrected chi connectivity index (χ2v) is 6.45. The van der Waals surface area contributed by atoms with Gasteiger partial charge in [0.25, 0.3) is 0 Å². The fourth-order valence-electron chi connectivity index (χ4n) is 1.80. The molecule has 1 N–H and O–H groups in total. The summed E-state index contributed by atoms with van der Waals surface area (Å²) in [5.74, 6) is -2.63. The van der Waals surface area contributed by atoms with Gasteiger partial charge in [0.15, 0.2) is 9.84 Å². The number of pyridine rings is 1. The Bertz CT molecular complexity index is 760. The maximum atomic E-state index is 13.8. The quantitative estimate of drug-likeness (QED) is 0.912. The summed E-state index contributed by atoms with van der Waals surface area (Å²) in [5, 5.41) is 8.73. The number of aromatic nitrogens is 1. The molecule has 2 rings (SSSR count). The molecule has 0 aliphatic rings. The van der Waals surface area contributed by atoms with Crippen molar-refractivity contribution in [2.45, 2.75) is 11.3 Å².